The van der Waals surface area contributed by atoms with Crippen LogP contribution in [0.3, 0.4) is 0 Å². The molecule has 90 valence electrons. The minimum absolute atomic E-state index is 0.0746. The van der Waals surface area contributed by atoms with Crippen molar-refractivity contribution in [3.8, 4) is 0 Å². The molecule has 2 aliphatic heterocycles. The zero-order valence-electron chi connectivity index (χ0n) is 8.92. The third-order valence-electron chi connectivity index (χ3n) is 3.00. The van der Waals surface area contributed by atoms with Gasteiger partial charge in [-0.05, 0) is 24.3 Å². The highest BCUT2D eigenvalue weighted by atomic mass is 32.2. The van der Waals surface area contributed by atoms with E-state index < -0.39 is 12.1 Å². The largest absolute Gasteiger partial charge is 0.479 e. The minimum atomic E-state index is -0.984. The van der Waals surface area contributed by atoms with Gasteiger partial charge >= 0.3 is 5.97 Å². The van der Waals surface area contributed by atoms with Gasteiger partial charge in [-0.2, -0.15) is 11.8 Å². The fourth-order valence-corrected chi connectivity index (χ4v) is 3.17. The maximum atomic E-state index is 11.7. The zero-order chi connectivity index (χ0) is 11.5. The summed E-state index contributed by atoms with van der Waals surface area (Å²) >= 11 is 1.89. The number of hydrogen-bond acceptors (Lipinski definition) is 4. The average molecular weight is 245 g/mol. The molecule has 2 rings (SSSR count). The number of carboxylic acid groups (broad SMARTS) is 1. The number of morpholine rings is 1. The lowest BCUT2D eigenvalue weighted by Gasteiger charge is -2.38. The molecule has 2 fully saturated rings. The highest BCUT2D eigenvalue weighted by Crippen LogP contribution is 2.23. The molecule has 0 aromatic heterocycles. The Morgan fingerprint density at radius 1 is 1.44 bits per heavy atom. The smallest absolute Gasteiger partial charge is 0.334 e. The first-order valence-electron chi connectivity index (χ1n) is 5.40. The Bertz CT molecular complexity index is 291. The van der Waals surface area contributed by atoms with E-state index in [1.54, 1.807) is 4.90 Å². The summed E-state index contributed by atoms with van der Waals surface area (Å²) in [5, 5.41) is 8.87. The second-order valence-electron chi connectivity index (χ2n) is 4.03. The molecule has 0 bridgehead atoms. The van der Waals surface area contributed by atoms with Gasteiger partial charge in [0.05, 0.1) is 6.54 Å². The first kappa shape index (κ1) is 11.7. The molecule has 1 N–H and O–H groups in total. The molecular weight excluding hydrogens is 230 g/mol. The number of nitrogens with zero attached hydrogens (tertiary/aromatic N) is 1. The van der Waals surface area contributed by atoms with E-state index in [2.05, 4.69) is 0 Å². The number of amides is 1. The van der Waals surface area contributed by atoms with Crippen LogP contribution in [0.1, 0.15) is 12.8 Å². The third kappa shape index (κ3) is 2.49. The molecule has 0 aromatic rings. The molecule has 1 unspecified atom stereocenters. The summed E-state index contributed by atoms with van der Waals surface area (Å²) in [6.45, 7) is 0.101. The van der Waals surface area contributed by atoms with Crippen molar-refractivity contribution in [1.29, 1.82) is 0 Å². The van der Waals surface area contributed by atoms with E-state index in [4.69, 9.17) is 9.84 Å². The summed E-state index contributed by atoms with van der Waals surface area (Å²) in [6, 6.07) is 0.208. The van der Waals surface area contributed by atoms with Crippen LogP contribution in [0.5, 0.6) is 0 Å². The van der Waals surface area contributed by atoms with Crippen molar-refractivity contribution in [3.63, 3.8) is 0 Å². The molecule has 0 aliphatic carbocycles. The van der Waals surface area contributed by atoms with Crippen molar-refractivity contribution < 1.29 is 19.4 Å². The van der Waals surface area contributed by atoms with Gasteiger partial charge in [0, 0.05) is 6.04 Å². The van der Waals surface area contributed by atoms with E-state index in [1.165, 1.54) is 0 Å². The van der Waals surface area contributed by atoms with E-state index in [1.807, 2.05) is 11.8 Å². The van der Waals surface area contributed by atoms with Crippen molar-refractivity contribution in [2.45, 2.75) is 25.0 Å². The van der Waals surface area contributed by atoms with Crippen LogP contribution in [-0.2, 0) is 14.3 Å². The predicted octanol–water partition coefficient (Wildman–Crippen LogP) is 0.194. The Morgan fingerprint density at radius 3 is 2.75 bits per heavy atom. The summed E-state index contributed by atoms with van der Waals surface area (Å²) in [4.78, 5) is 24.2. The number of aliphatic carboxylic acids is 1. The molecule has 2 aliphatic rings. The minimum Gasteiger partial charge on any atom is -0.479 e. The van der Waals surface area contributed by atoms with Gasteiger partial charge in [-0.15, -0.1) is 0 Å². The molecular formula is C10H15NO4S. The summed E-state index contributed by atoms with van der Waals surface area (Å²) < 4.78 is 4.98. The standard InChI is InChI=1S/C10H15NO4S/c12-9-6-15-8(10(13)14)5-11(9)7-1-3-16-4-2-7/h7-8H,1-6H2,(H,13,14). The fraction of sp³-hybridized carbons (Fsp3) is 0.800. The molecule has 6 heteroatoms. The van der Waals surface area contributed by atoms with Gasteiger partial charge in [0.1, 0.15) is 6.61 Å². The molecule has 2 saturated heterocycles. The average Bonchev–Trinajstić information content (AvgIpc) is 2.30. The first-order valence-corrected chi connectivity index (χ1v) is 6.55. The summed E-state index contributed by atoms with van der Waals surface area (Å²) in [5.41, 5.74) is 0. The second-order valence-corrected chi connectivity index (χ2v) is 5.25. The molecule has 0 spiro atoms. The summed E-state index contributed by atoms with van der Waals surface area (Å²) in [7, 11) is 0. The van der Waals surface area contributed by atoms with Crippen molar-refractivity contribution in [1.82, 2.24) is 4.90 Å². The van der Waals surface area contributed by atoms with Gasteiger partial charge < -0.3 is 14.7 Å². The van der Waals surface area contributed by atoms with Crippen LogP contribution in [0, 0.1) is 0 Å². The topological polar surface area (TPSA) is 66.8 Å². The molecule has 0 aromatic carbocycles. The summed E-state index contributed by atoms with van der Waals surface area (Å²) in [5.74, 6) is 1.04. The van der Waals surface area contributed by atoms with E-state index in [0.717, 1.165) is 24.3 Å². The molecule has 16 heavy (non-hydrogen) atoms. The number of carboxylic acids is 1. The molecule has 0 saturated carbocycles. The zero-order valence-corrected chi connectivity index (χ0v) is 9.74. The van der Waals surface area contributed by atoms with Crippen LogP contribution < -0.4 is 0 Å². The lowest BCUT2D eigenvalue weighted by Crippen LogP contribution is -2.54. The normalized spacial score (nSPS) is 28.1. The Balaban J connectivity index is 1.99. The van der Waals surface area contributed by atoms with Crippen LogP contribution in [-0.4, -0.2) is 58.7 Å². The Hall–Kier alpha value is -0.750. The van der Waals surface area contributed by atoms with Crippen LogP contribution in [0.4, 0.5) is 0 Å². The van der Waals surface area contributed by atoms with Crippen LogP contribution in [0.2, 0.25) is 0 Å². The number of thioether (sulfide) groups is 1. The highest BCUT2D eigenvalue weighted by molar-refractivity contribution is 7.99. The molecule has 5 nitrogen and oxygen atoms in total. The van der Waals surface area contributed by atoms with Crippen LogP contribution in [0.25, 0.3) is 0 Å². The number of carbonyl (C=O) groups is 2. The SMILES string of the molecule is O=C(O)C1CN(C2CCSCC2)C(=O)CO1. The highest BCUT2D eigenvalue weighted by Gasteiger charge is 2.35. The van der Waals surface area contributed by atoms with Crippen molar-refractivity contribution in [2.24, 2.45) is 0 Å². The van der Waals surface area contributed by atoms with Gasteiger partial charge in [-0.3, -0.25) is 4.79 Å². The second kappa shape index (κ2) is 5.05. The van der Waals surface area contributed by atoms with Gasteiger partial charge in [0.2, 0.25) is 5.91 Å². The number of rotatable bonds is 2. The lowest BCUT2D eigenvalue weighted by atomic mass is 10.1. The van der Waals surface area contributed by atoms with Crippen LogP contribution >= 0.6 is 11.8 Å². The van der Waals surface area contributed by atoms with E-state index in [0.29, 0.717) is 0 Å². The van der Waals surface area contributed by atoms with Gasteiger partial charge in [0.15, 0.2) is 6.10 Å². The van der Waals surface area contributed by atoms with E-state index in [9.17, 15) is 9.59 Å². The Morgan fingerprint density at radius 2 is 2.12 bits per heavy atom. The molecule has 1 amide bonds. The number of ether oxygens (including phenoxy) is 1. The van der Waals surface area contributed by atoms with Crippen molar-refractivity contribution in [3.05, 3.63) is 0 Å². The third-order valence-corrected chi connectivity index (χ3v) is 4.05. The number of carbonyl (C=O) groups excluding carboxylic acids is 1. The molecule has 0 radical (unpaired) electrons. The predicted molar refractivity (Wildman–Crippen MR) is 59.4 cm³/mol. The monoisotopic (exact) mass is 245 g/mol. The maximum Gasteiger partial charge on any atom is 0.334 e. The Kier molecular flexibility index (Phi) is 3.70. The first-order chi connectivity index (χ1) is 7.68. The lowest BCUT2D eigenvalue weighted by molar-refractivity contribution is -0.167. The van der Waals surface area contributed by atoms with E-state index >= 15 is 0 Å². The van der Waals surface area contributed by atoms with Gasteiger partial charge in [-0.1, -0.05) is 0 Å². The van der Waals surface area contributed by atoms with Gasteiger partial charge in [-0.25, -0.2) is 4.79 Å². The Labute approximate surface area is 98.1 Å². The number of hydrogen-bond donors (Lipinski definition) is 1. The van der Waals surface area contributed by atoms with Crippen molar-refractivity contribution in [2.75, 3.05) is 24.7 Å². The molecule has 2 heterocycles. The van der Waals surface area contributed by atoms with Gasteiger partial charge in [0.25, 0.3) is 0 Å². The van der Waals surface area contributed by atoms with Crippen molar-refractivity contribution >= 4 is 23.6 Å². The fourth-order valence-electron chi connectivity index (χ4n) is 2.09. The quantitative estimate of drug-likeness (QED) is 0.752. The molecule has 1 atom stereocenters. The summed E-state index contributed by atoms with van der Waals surface area (Å²) in [6.07, 6.45) is 1.07. The van der Waals surface area contributed by atoms with E-state index in [-0.39, 0.29) is 25.1 Å². The van der Waals surface area contributed by atoms with Crippen LogP contribution in [0.15, 0.2) is 0 Å². The maximum absolute atomic E-state index is 11.7.